The molecule has 0 saturated heterocycles. The van der Waals surface area contributed by atoms with Crippen LogP contribution in [0.25, 0.3) is 0 Å². The van der Waals surface area contributed by atoms with E-state index in [1.807, 2.05) is 6.92 Å². The fraction of sp³-hybridized carbons (Fsp3) is 0.800. The molecule has 0 fully saturated rings. The Balaban J connectivity index is 0. The molecule has 0 spiro atoms. The van der Waals surface area contributed by atoms with E-state index in [-0.39, 0.29) is 0 Å². The number of carboxylic acids is 1. The molecule has 0 aromatic heterocycles. The molecule has 2 nitrogen and oxygen atoms in total. The number of carbonyl (C=O) groups is 1. The molecule has 0 rings (SSSR count). The zero-order chi connectivity index (χ0) is 8.57. The summed E-state index contributed by atoms with van der Waals surface area (Å²) < 4.78 is 29.0. The first kappa shape index (κ1) is 12.0. The normalized spacial score (nSPS) is 8.50. The van der Waals surface area contributed by atoms with Gasteiger partial charge in [-0.2, -0.15) is 13.2 Å². The number of carboxylic acid groups (broad SMARTS) is 1. The summed E-state index contributed by atoms with van der Waals surface area (Å²) in [6.45, 7) is -1.83. The van der Waals surface area contributed by atoms with E-state index in [2.05, 4.69) is 0 Å². The van der Waals surface area contributed by atoms with Crippen molar-refractivity contribution in [2.75, 3.05) is 0 Å². The third-order valence-corrected chi connectivity index (χ3v) is 0.464. The maximum atomic E-state index is 9.67. The van der Waals surface area contributed by atoms with Crippen LogP contribution in [-0.2, 0) is 4.79 Å². The summed E-state index contributed by atoms with van der Waals surface area (Å²) in [7, 11) is 0. The van der Waals surface area contributed by atoms with E-state index in [1.54, 1.807) is 0 Å². The Bertz CT molecular complexity index is 82.2. The SMILES string of the molecule is CCCC(=O)O.FC(F)F. The van der Waals surface area contributed by atoms with E-state index in [4.69, 9.17) is 5.11 Å². The summed E-state index contributed by atoms with van der Waals surface area (Å²) in [5.41, 5.74) is 0. The average molecular weight is 158 g/mol. The van der Waals surface area contributed by atoms with Crippen LogP contribution in [0.3, 0.4) is 0 Å². The molecule has 10 heavy (non-hydrogen) atoms. The Labute approximate surface area is 56.7 Å². The first-order valence-electron chi connectivity index (χ1n) is 2.64. The highest BCUT2D eigenvalue weighted by molar-refractivity contribution is 5.66. The van der Waals surface area contributed by atoms with Crippen molar-refractivity contribution in [3.8, 4) is 0 Å². The topological polar surface area (TPSA) is 37.3 Å². The highest BCUT2D eigenvalue weighted by Gasteiger charge is 1.87. The van der Waals surface area contributed by atoms with E-state index >= 15 is 0 Å². The Kier molecular flexibility index (Phi) is 9.90. The van der Waals surface area contributed by atoms with E-state index in [9.17, 15) is 18.0 Å². The predicted octanol–water partition coefficient (Wildman–Crippen LogP) is 2.05. The fourth-order valence-corrected chi connectivity index (χ4v) is 0.214. The molecule has 0 aliphatic rings. The molecule has 0 radical (unpaired) electrons. The minimum Gasteiger partial charge on any atom is -0.481 e. The molecule has 0 aliphatic carbocycles. The molecule has 0 atom stereocenters. The second-order valence-corrected chi connectivity index (χ2v) is 1.39. The summed E-state index contributed by atoms with van der Waals surface area (Å²) in [6, 6.07) is 0. The molecule has 0 heterocycles. The van der Waals surface area contributed by atoms with Crippen molar-refractivity contribution in [2.24, 2.45) is 0 Å². The van der Waals surface area contributed by atoms with Gasteiger partial charge in [0.2, 0.25) is 0 Å². The quantitative estimate of drug-likeness (QED) is 0.667. The molecular formula is C5H9F3O2. The van der Waals surface area contributed by atoms with Crippen LogP contribution < -0.4 is 0 Å². The minimum absolute atomic E-state index is 0.292. The molecule has 1 N–H and O–H groups in total. The van der Waals surface area contributed by atoms with Crippen molar-refractivity contribution >= 4 is 5.97 Å². The van der Waals surface area contributed by atoms with Gasteiger partial charge in [-0.15, -0.1) is 0 Å². The molecule has 0 saturated carbocycles. The van der Waals surface area contributed by atoms with Gasteiger partial charge in [-0.25, -0.2) is 0 Å². The summed E-state index contributed by atoms with van der Waals surface area (Å²) in [5, 5.41) is 7.91. The van der Waals surface area contributed by atoms with Crippen molar-refractivity contribution in [1.29, 1.82) is 0 Å². The van der Waals surface area contributed by atoms with E-state index in [0.717, 1.165) is 6.42 Å². The second kappa shape index (κ2) is 8.26. The van der Waals surface area contributed by atoms with E-state index in [0.29, 0.717) is 6.42 Å². The fourth-order valence-electron chi connectivity index (χ4n) is 0.214. The van der Waals surface area contributed by atoms with Gasteiger partial charge in [-0.3, -0.25) is 4.79 Å². The van der Waals surface area contributed by atoms with Gasteiger partial charge in [-0.05, 0) is 6.42 Å². The minimum atomic E-state index is -3.67. The maximum absolute atomic E-state index is 9.67. The summed E-state index contributed by atoms with van der Waals surface area (Å²) in [6.07, 6.45) is 1.02. The number of hydrogen-bond acceptors (Lipinski definition) is 1. The second-order valence-electron chi connectivity index (χ2n) is 1.39. The zero-order valence-electron chi connectivity index (χ0n) is 5.48. The first-order chi connectivity index (χ1) is 4.50. The first-order valence-corrected chi connectivity index (χ1v) is 2.64. The van der Waals surface area contributed by atoms with Crippen LogP contribution >= 0.6 is 0 Å². The molecule has 0 aromatic carbocycles. The van der Waals surface area contributed by atoms with Crippen molar-refractivity contribution in [2.45, 2.75) is 26.4 Å². The molecule has 0 aromatic rings. The van der Waals surface area contributed by atoms with Gasteiger partial charge in [0.15, 0.2) is 0 Å². The molecule has 5 heteroatoms. The van der Waals surface area contributed by atoms with E-state index in [1.165, 1.54) is 0 Å². The van der Waals surface area contributed by atoms with Crippen molar-refractivity contribution in [1.82, 2.24) is 0 Å². The summed E-state index contributed by atoms with van der Waals surface area (Å²) in [5.74, 6) is -0.711. The van der Waals surface area contributed by atoms with Gasteiger partial charge in [0, 0.05) is 6.42 Å². The van der Waals surface area contributed by atoms with Crippen LogP contribution in [0.2, 0.25) is 0 Å². The largest absolute Gasteiger partial charge is 0.481 e. The summed E-state index contributed by atoms with van der Waals surface area (Å²) in [4.78, 5) is 9.60. The lowest BCUT2D eigenvalue weighted by Gasteiger charge is -1.79. The van der Waals surface area contributed by atoms with Crippen LogP contribution in [0.5, 0.6) is 0 Å². The van der Waals surface area contributed by atoms with Crippen molar-refractivity contribution < 1.29 is 23.1 Å². The Morgan fingerprint density at radius 3 is 1.80 bits per heavy atom. The van der Waals surface area contributed by atoms with Crippen molar-refractivity contribution in [3.05, 3.63) is 0 Å². The number of hydrogen-bond donors (Lipinski definition) is 1. The standard InChI is InChI=1S/C4H8O2.CHF3/c1-2-3-4(5)6;2-1(3)4/h2-3H2,1H3,(H,5,6);1H. The van der Waals surface area contributed by atoms with Gasteiger partial charge < -0.3 is 5.11 Å². The molecular weight excluding hydrogens is 149 g/mol. The van der Waals surface area contributed by atoms with Gasteiger partial charge in [-0.1, -0.05) is 6.92 Å². The highest BCUT2D eigenvalue weighted by Crippen LogP contribution is 1.87. The van der Waals surface area contributed by atoms with Crippen molar-refractivity contribution in [3.63, 3.8) is 0 Å². The lowest BCUT2D eigenvalue weighted by atomic mass is 10.4. The number of alkyl halides is 3. The van der Waals surface area contributed by atoms with Gasteiger partial charge in [0.05, 0.1) is 0 Å². The van der Waals surface area contributed by atoms with Crippen LogP contribution in [0, 0.1) is 0 Å². The Hall–Kier alpha value is -0.740. The van der Waals surface area contributed by atoms with E-state index < -0.39 is 12.6 Å². The van der Waals surface area contributed by atoms with Crippen LogP contribution in [-0.4, -0.2) is 17.8 Å². The maximum Gasteiger partial charge on any atom is 0.379 e. The van der Waals surface area contributed by atoms with Crippen LogP contribution in [0.15, 0.2) is 0 Å². The van der Waals surface area contributed by atoms with Gasteiger partial charge in [0.1, 0.15) is 0 Å². The third-order valence-electron chi connectivity index (χ3n) is 0.464. The molecule has 62 valence electrons. The lowest BCUT2D eigenvalue weighted by molar-refractivity contribution is -0.137. The number of aliphatic carboxylic acids is 1. The predicted molar refractivity (Wildman–Crippen MR) is 29.7 cm³/mol. The highest BCUT2D eigenvalue weighted by atomic mass is 19.4. The number of halogens is 3. The molecule has 0 unspecified atom stereocenters. The third kappa shape index (κ3) is 55.7. The van der Waals surface area contributed by atoms with Gasteiger partial charge >= 0.3 is 12.6 Å². The Morgan fingerprint density at radius 1 is 1.50 bits per heavy atom. The molecule has 0 aliphatic heterocycles. The average Bonchev–Trinajstić information content (AvgIpc) is 1.62. The monoisotopic (exact) mass is 158 g/mol. The summed E-state index contributed by atoms with van der Waals surface area (Å²) >= 11 is 0. The van der Waals surface area contributed by atoms with Crippen LogP contribution in [0.4, 0.5) is 13.2 Å². The molecule has 0 bridgehead atoms. The van der Waals surface area contributed by atoms with Crippen LogP contribution in [0.1, 0.15) is 19.8 Å². The lowest BCUT2D eigenvalue weighted by Crippen LogP contribution is -1.90. The molecule has 0 amide bonds. The zero-order valence-corrected chi connectivity index (χ0v) is 5.48. The Morgan fingerprint density at radius 2 is 1.80 bits per heavy atom. The van der Waals surface area contributed by atoms with Gasteiger partial charge in [0.25, 0.3) is 0 Å². The number of rotatable bonds is 2. The smallest absolute Gasteiger partial charge is 0.379 e.